The fourth-order valence-corrected chi connectivity index (χ4v) is 4.89. The summed E-state index contributed by atoms with van der Waals surface area (Å²) in [5.74, 6) is 1.20. The van der Waals surface area contributed by atoms with Crippen LogP contribution in [0.3, 0.4) is 0 Å². The summed E-state index contributed by atoms with van der Waals surface area (Å²) in [7, 11) is 3.84. The van der Waals surface area contributed by atoms with E-state index in [2.05, 4.69) is 71.1 Å². The van der Waals surface area contributed by atoms with Gasteiger partial charge in [0.1, 0.15) is 5.75 Å². The largest absolute Gasteiger partial charge is 0.497 e. The van der Waals surface area contributed by atoms with Crippen molar-refractivity contribution in [3.05, 3.63) is 65.7 Å². The van der Waals surface area contributed by atoms with Crippen LogP contribution in [-0.4, -0.2) is 67.5 Å². The summed E-state index contributed by atoms with van der Waals surface area (Å²) in [5, 5.41) is 0. The van der Waals surface area contributed by atoms with Crippen molar-refractivity contribution in [2.75, 3.05) is 46.9 Å². The second-order valence-electron chi connectivity index (χ2n) is 9.34. The van der Waals surface area contributed by atoms with Crippen LogP contribution in [0.2, 0.25) is 0 Å². The monoisotopic (exact) mass is 421 g/mol. The molecular formula is C26H35N3O2. The zero-order valence-electron chi connectivity index (χ0n) is 19.1. The number of nitrogens with zero attached hydrogens (tertiary/aromatic N) is 3. The van der Waals surface area contributed by atoms with E-state index in [1.807, 2.05) is 12.1 Å². The van der Waals surface area contributed by atoms with Crippen molar-refractivity contribution in [1.29, 1.82) is 0 Å². The molecule has 31 heavy (non-hydrogen) atoms. The fraction of sp³-hybridized carbons (Fsp3) is 0.500. The molecule has 2 heterocycles. The van der Waals surface area contributed by atoms with Gasteiger partial charge in [-0.3, -0.25) is 14.6 Å². The summed E-state index contributed by atoms with van der Waals surface area (Å²) >= 11 is 0. The number of rotatable bonds is 5. The van der Waals surface area contributed by atoms with Gasteiger partial charge in [0, 0.05) is 31.6 Å². The summed E-state index contributed by atoms with van der Waals surface area (Å²) < 4.78 is 5.30. The van der Waals surface area contributed by atoms with Crippen LogP contribution >= 0.6 is 0 Å². The number of methoxy groups -OCH3 is 1. The molecule has 2 aromatic carbocycles. The third-order valence-corrected chi connectivity index (χ3v) is 7.16. The fourth-order valence-electron chi connectivity index (χ4n) is 4.89. The molecule has 0 aliphatic carbocycles. The molecule has 0 N–H and O–H groups in total. The molecule has 0 radical (unpaired) electrons. The van der Waals surface area contributed by atoms with Crippen LogP contribution in [0, 0.1) is 5.41 Å². The first-order valence-corrected chi connectivity index (χ1v) is 11.4. The Morgan fingerprint density at radius 3 is 2.32 bits per heavy atom. The van der Waals surface area contributed by atoms with Gasteiger partial charge >= 0.3 is 0 Å². The first-order chi connectivity index (χ1) is 15.0. The maximum absolute atomic E-state index is 13.6. The Bertz CT molecular complexity index is 860. The molecule has 0 spiro atoms. The lowest BCUT2D eigenvalue weighted by Gasteiger charge is -2.45. The molecule has 0 bridgehead atoms. The summed E-state index contributed by atoms with van der Waals surface area (Å²) in [6, 6.07) is 19.1. The number of benzene rings is 2. The van der Waals surface area contributed by atoms with E-state index in [0.717, 1.165) is 57.9 Å². The Hall–Kier alpha value is -2.37. The maximum atomic E-state index is 13.6. The highest BCUT2D eigenvalue weighted by molar-refractivity contribution is 5.82. The summed E-state index contributed by atoms with van der Waals surface area (Å²) in [5.41, 5.74) is 2.33. The molecule has 2 aliphatic rings. The normalized spacial score (nSPS) is 22.3. The second kappa shape index (κ2) is 9.41. The van der Waals surface area contributed by atoms with Crippen molar-refractivity contribution >= 4 is 5.91 Å². The lowest BCUT2D eigenvalue weighted by molar-refractivity contribution is -0.147. The van der Waals surface area contributed by atoms with Gasteiger partial charge < -0.3 is 9.64 Å². The smallest absolute Gasteiger partial charge is 0.228 e. The van der Waals surface area contributed by atoms with Crippen LogP contribution in [0.15, 0.2) is 54.6 Å². The summed E-state index contributed by atoms with van der Waals surface area (Å²) in [6.45, 7) is 7.57. The van der Waals surface area contributed by atoms with E-state index in [1.165, 1.54) is 11.1 Å². The SMILES string of the molecule is COc1ccc(C2CN(C(=O)C3(C)CCN(Cc4ccccc4)CC3)CCN2C)cc1. The molecule has 166 valence electrons. The minimum atomic E-state index is -0.256. The van der Waals surface area contributed by atoms with Gasteiger partial charge in [0.25, 0.3) is 0 Å². The molecule has 1 atom stereocenters. The average Bonchev–Trinajstić information content (AvgIpc) is 2.81. The highest BCUT2D eigenvalue weighted by Gasteiger charge is 2.41. The van der Waals surface area contributed by atoms with E-state index in [0.29, 0.717) is 5.91 Å². The van der Waals surface area contributed by atoms with E-state index in [4.69, 9.17) is 4.74 Å². The van der Waals surface area contributed by atoms with E-state index in [-0.39, 0.29) is 11.5 Å². The Labute approximate surface area is 186 Å². The zero-order chi connectivity index (χ0) is 21.8. The number of piperidine rings is 1. The Morgan fingerprint density at radius 2 is 1.68 bits per heavy atom. The molecular weight excluding hydrogens is 386 g/mol. The minimum Gasteiger partial charge on any atom is -0.497 e. The number of hydrogen-bond acceptors (Lipinski definition) is 4. The highest BCUT2D eigenvalue weighted by Crippen LogP contribution is 2.35. The molecule has 5 nitrogen and oxygen atoms in total. The van der Waals surface area contributed by atoms with Gasteiger partial charge in [0.05, 0.1) is 13.2 Å². The number of hydrogen-bond donors (Lipinski definition) is 0. The number of ether oxygens (including phenoxy) is 1. The Morgan fingerprint density at radius 1 is 1.00 bits per heavy atom. The van der Waals surface area contributed by atoms with Crippen molar-refractivity contribution < 1.29 is 9.53 Å². The second-order valence-corrected chi connectivity index (χ2v) is 9.34. The topological polar surface area (TPSA) is 36.0 Å². The molecule has 2 aromatic rings. The molecule has 2 aliphatic heterocycles. The number of amides is 1. The molecule has 2 saturated heterocycles. The number of carbonyl (C=O) groups is 1. The Balaban J connectivity index is 1.38. The molecule has 5 heteroatoms. The standard InChI is InChI=1S/C26H35N3O2/c1-26(13-15-28(16-14-26)19-21-7-5-4-6-8-21)25(30)29-18-17-27(2)24(20-29)22-9-11-23(31-3)12-10-22/h4-12,24H,13-20H2,1-3H3. The maximum Gasteiger partial charge on any atom is 0.228 e. The van der Waals surface area contributed by atoms with Gasteiger partial charge in [-0.1, -0.05) is 49.4 Å². The number of carbonyl (C=O) groups excluding carboxylic acids is 1. The van der Waals surface area contributed by atoms with Crippen molar-refractivity contribution in [3.8, 4) is 5.75 Å². The lowest BCUT2D eigenvalue weighted by atomic mass is 9.78. The highest BCUT2D eigenvalue weighted by atomic mass is 16.5. The third-order valence-electron chi connectivity index (χ3n) is 7.16. The molecule has 0 saturated carbocycles. The summed E-state index contributed by atoms with van der Waals surface area (Å²) in [4.78, 5) is 20.5. The van der Waals surface area contributed by atoms with E-state index in [9.17, 15) is 4.79 Å². The summed E-state index contributed by atoms with van der Waals surface area (Å²) in [6.07, 6.45) is 1.86. The lowest BCUT2D eigenvalue weighted by Crippen LogP contribution is -2.54. The van der Waals surface area contributed by atoms with Crippen LogP contribution in [-0.2, 0) is 11.3 Å². The van der Waals surface area contributed by atoms with Crippen molar-refractivity contribution in [2.24, 2.45) is 5.41 Å². The van der Waals surface area contributed by atoms with Crippen LogP contribution in [0.5, 0.6) is 5.75 Å². The van der Waals surface area contributed by atoms with Gasteiger partial charge in [-0.15, -0.1) is 0 Å². The first-order valence-electron chi connectivity index (χ1n) is 11.4. The van der Waals surface area contributed by atoms with Gasteiger partial charge in [-0.2, -0.15) is 0 Å². The van der Waals surface area contributed by atoms with Crippen molar-refractivity contribution in [3.63, 3.8) is 0 Å². The average molecular weight is 422 g/mol. The van der Waals surface area contributed by atoms with Crippen LogP contribution in [0.4, 0.5) is 0 Å². The van der Waals surface area contributed by atoms with E-state index in [1.54, 1.807) is 7.11 Å². The van der Waals surface area contributed by atoms with Crippen molar-refractivity contribution in [2.45, 2.75) is 32.4 Å². The molecule has 1 amide bonds. The third kappa shape index (κ3) is 4.94. The zero-order valence-corrected chi connectivity index (χ0v) is 19.1. The van der Waals surface area contributed by atoms with Gasteiger partial charge in [-0.05, 0) is 56.2 Å². The predicted molar refractivity (Wildman–Crippen MR) is 124 cm³/mol. The molecule has 4 rings (SSSR count). The van der Waals surface area contributed by atoms with E-state index >= 15 is 0 Å². The number of likely N-dealkylation sites (tertiary alicyclic amines) is 1. The molecule has 2 fully saturated rings. The molecule has 1 unspecified atom stereocenters. The number of piperazine rings is 1. The van der Waals surface area contributed by atoms with E-state index < -0.39 is 0 Å². The van der Waals surface area contributed by atoms with Crippen LogP contribution < -0.4 is 4.74 Å². The minimum absolute atomic E-state index is 0.227. The Kier molecular flexibility index (Phi) is 6.63. The molecule has 0 aromatic heterocycles. The van der Waals surface area contributed by atoms with Gasteiger partial charge in [0.15, 0.2) is 0 Å². The van der Waals surface area contributed by atoms with Gasteiger partial charge in [0.2, 0.25) is 5.91 Å². The van der Waals surface area contributed by atoms with Crippen LogP contribution in [0.25, 0.3) is 0 Å². The van der Waals surface area contributed by atoms with Crippen LogP contribution in [0.1, 0.15) is 36.9 Å². The quantitative estimate of drug-likeness (QED) is 0.736. The van der Waals surface area contributed by atoms with Gasteiger partial charge in [-0.25, -0.2) is 0 Å². The number of likely N-dealkylation sites (N-methyl/N-ethyl adjacent to an activating group) is 1. The first kappa shape index (κ1) is 21.8. The van der Waals surface area contributed by atoms with Crippen molar-refractivity contribution in [1.82, 2.24) is 14.7 Å². The predicted octanol–water partition coefficient (Wildman–Crippen LogP) is 3.81.